The fourth-order valence-electron chi connectivity index (χ4n) is 5.92. The van der Waals surface area contributed by atoms with Crippen LogP contribution in [-0.2, 0) is 17.9 Å². The monoisotopic (exact) mass is 481 g/mol. The van der Waals surface area contributed by atoms with E-state index in [-0.39, 0.29) is 0 Å². The molecule has 184 valence electrons. The topological polar surface area (TPSA) is 76.6 Å². The third-order valence-corrected chi connectivity index (χ3v) is 7.75. The Labute approximate surface area is 211 Å². The van der Waals surface area contributed by atoms with Crippen molar-refractivity contribution in [1.29, 1.82) is 0 Å². The van der Waals surface area contributed by atoms with Crippen molar-refractivity contribution < 1.29 is 9.63 Å². The van der Waals surface area contributed by atoms with Crippen LogP contribution in [0.15, 0.2) is 79.0 Å². The molecular weight excluding hydrogens is 450 g/mol. The fraction of sp³-hybridized carbons (Fsp3) is 0.310. The number of benzene rings is 3. The van der Waals surface area contributed by atoms with Gasteiger partial charge in [0.1, 0.15) is 5.52 Å². The molecule has 2 aliphatic rings. The smallest absolute Gasteiger partial charge is 0.358 e. The van der Waals surface area contributed by atoms with E-state index >= 15 is 0 Å². The zero-order chi connectivity index (χ0) is 24.5. The SMILES string of the molecule is NOC(=O)c1cccc2cn(-c3ccc(CN4CCC5(CCN(Cc6ccccc6)C5)C4)cc3)nc12. The molecule has 1 atom stereocenters. The number of hydrogen-bond acceptors (Lipinski definition) is 6. The number of rotatable bonds is 6. The number of carbonyl (C=O) groups is 1. The van der Waals surface area contributed by atoms with E-state index < -0.39 is 5.97 Å². The van der Waals surface area contributed by atoms with Crippen molar-refractivity contribution in [3.05, 3.63) is 95.7 Å². The van der Waals surface area contributed by atoms with E-state index in [1.807, 2.05) is 12.3 Å². The first-order valence-corrected chi connectivity index (χ1v) is 12.6. The van der Waals surface area contributed by atoms with E-state index in [9.17, 15) is 4.79 Å². The van der Waals surface area contributed by atoms with Gasteiger partial charge in [-0.1, -0.05) is 54.6 Å². The zero-order valence-electron chi connectivity index (χ0n) is 20.3. The normalized spacial score (nSPS) is 20.5. The maximum absolute atomic E-state index is 12.0. The Bertz CT molecular complexity index is 1370. The molecule has 0 radical (unpaired) electrons. The number of nitrogens with two attached hydrogens (primary N) is 1. The van der Waals surface area contributed by atoms with Gasteiger partial charge < -0.3 is 4.84 Å². The number of hydrogen-bond donors (Lipinski definition) is 1. The fourth-order valence-corrected chi connectivity index (χ4v) is 5.92. The first-order valence-electron chi connectivity index (χ1n) is 12.6. The predicted octanol–water partition coefficient (Wildman–Crippen LogP) is 4.15. The summed E-state index contributed by atoms with van der Waals surface area (Å²) in [5.41, 5.74) is 5.04. The Morgan fingerprint density at radius 2 is 1.53 bits per heavy atom. The highest BCUT2D eigenvalue weighted by Crippen LogP contribution is 2.40. The molecule has 0 saturated carbocycles. The van der Waals surface area contributed by atoms with Crippen LogP contribution in [0.1, 0.15) is 34.3 Å². The molecule has 1 aromatic heterocycles. The minimum absolute atomic E-state index is 0.363. The zero-order valence-corrected chi connectivity index (χ0v) is 20.3. The molecule has 0 amide bonds. The molecule has 3 aromatic carbocycles. The summed E-state index contributed by atoms with van der Waals surface area (Å²) in [6.45, 7) is 6.75. The molecular formula is C29H31N5O2. The third-order valence-electron chi connectivity index (χ3n) is 7.75. The van der Waals surface area contributed by atoms with E-state index in [4.69, 9.17) is 5.90 Å². The number of likely N-dealkylation sites (tertiary alicyclic amines) is 2. The number of nitrogens with zero attached hydrogens (tertiary/aromatic N) is 4. The van der Waals surface area contributed by atoms with Crippen molar-refractivity contribution in [2.45, 2.75) is 25.9 Å². The van der Waals surface area contributed by atoms with E-state index in [0.29, 0.717) is 16.5 Å². The molecule has 1 spiro atoms. The molecule has 2 fully saturated rings. The molecule has 0 bridgehead atoms. The Hall–Kier alpha value is -3.52. The van der Waals surface area contributed by atoms with Gasteiger partial charge in [-0.25, -0.2) is 9.48 Å². The lowest BCUT2D eigenvalue weighted by molar-refractivity contribution is 0.0505. The maximum atomic E-state index is 12.0. The number of aromatic nitrogens is 2. The molecule has 1 unspecified atom stereocenters. The van der Waals surface area contributed by atoms with E-state index in [0.717, 1.165) is 30.7 Å². The van der Waals surface area contributed by atoms with Crippen molar-refractivity contribution in [1.82, 2.24) is 19.6 Å². The van der Waals surface area contributed by atoms with Gasteiger partial charge in [-0.05, 0) is 60.7 Å². The first kappa shape index (κ1) is 22.9. The molecule has 2 aliphatic heterocycles. The van der Waals surface area contributed by atoms with Crippen molar-refractivity contribution >= 4 is 16.9 Å². The Balaban J connectivity index is 1.09. The molecule has 2 N–H and O–H groups in total. The third kappa shape index (κ3) is 4.53. The lowest BCUT2D eigenvalue weighted by Crippen LogP contribution is -2.30. The van der Waals surface area contributed by atoms with Gasteiger partial charge in [0.25, 0.3) is 0 Å². The summed E-state index contributed by atoms with van der Waals surface area (Å²) in [6, 6.07) is 24.7. The van der Waals surface area contributed by atoms with Crippen molar-refractivity contribution in [2.24, 2.45) is 11.3 Å². The van der Waals surface area contributed by atoms with E-state index in [1.54, 1.807) is 16.8 Å². The van der Waals surface area contributed by atoms with Gasteiger partial charge in [-0.15, -0.1) is 0 Å². The summed E-state index contributed by atoms with van der Waals surface area (Å²) < 4.78 is 1.80. The molecule has 4 aromatic rings. The largest absolute Gasteiger partial charge is 0.370 e. The van der Waals surface area contributed by atoms with Crippen LogP contribution in [0.4, 0.5) is 0 Å². The minimum atomic E-state index is -0.588. The van der Waals surface area contributed by atoms with Crippen molar-refractivity contribution in [3.63, 3.8) is 0 Å². The summed E-state index contributed by atoms with van der Waals surface area (Å²) in [7, 11) is 0. The van der Waals surface area contributed by atoms with E-state index in [2.05, 4.69) is 74.3 Å². The second-order valence-electron chi connectivity index (χ2n) is 10.3. The van der Waals surface area contributed by atoms with Crippen LogP contribution < -0.4 is 5.90 Å². The van der Waals surface area contributed by atoms with Crippen LogP contribution in [-0.4, -0.2) is 51.7 Å². The second-order valence-corrected chi connectivity index (χ2v) is 10.3. The van der Waals surface area contributed by atoms with Gasteiger partial charge in [0.05, 0.1) is 11.3 Å². The van der Waals surface area contributed by atoms with Crippen molar-refractivity contribution in [2.75, 3.05) is 26.2 Å². The quantitative estimate of drug-likeness (QED) is 0.417. The summed E-state index contributed by atoms with van der Waals surface area (Å²) in [4.78, 5) is 21.6. The molecule has 7 heteroatoms. The summed E-state index contributed by atoms with van der Waals surface area (Å²) in [6.07, 6.45) is 4.49. The highest BCUT2D eigenvalue weighted by Gasteiger charge is 2.43. The van der Waals surface area contributed by atoms with Crippen LogP contribution in [0.5, 0.6) is 0 Å². The standard InChI is InChI=1S/C29H31N5O2/c30-36-28(35)26-8-4-7-24-19-34(31-27(24)26)25-11-9-23(10-12-25)18-33-16-14-29(21-33)13-15-32(20-29)17-22-5-2-1-3-6-22/h1-12,19H,13-18,20-21,30H2. The molecule has 3 heterocycles. The Morgan fingerprint density at radius 3 is 2.19 bits per heavy atom. The molecule has 6 rings (SSSR count). The van der Waals surface area contributed by atoms with Crippen LogP contribution >= 0.6 is 0 Å². The molecule has 7 nitrogen and oxygen atoms in total. The minimum Gasteiger partial charge on any atom is -0.370 e. The highest BCUT2D eigenvalue weighted by molar-refractivity contribution is 6.02. The molecule has 0 aliphatic carbocycles. The molecule has 36 heavy (non-hydrogen) atoms. The van der Waals surface area contributed by atoms with Crippen molar-refractivity contribution in [3.8, 4) is 5.69 Å². The van der Waals surface area contributed by atoms with Gasteiger partial charge in [0.2, 0.25) is 0 Å². The van der Waals surface area contributed by atoms with Gasteiger partial charge in [-0.3, -0.25) is 9.80 Å². The highest BCUT2D eigenvalue weighted by atomic mass is 16.7. The summed E-state index contributed by atoms with van der Waals surface area (Å²) in [5, 5.41) is 5.48. The Morgan fingerprint density at radius 1 is 0.861 bits per heavy atom. The first-order chi connectivity index (χ1) is 17.6. The van der Waals surface area contributed by atoms with Crippen LogP contribution in [0.2, 0.25) is 0 Å². The molecule has 2 saturated heterocycles. The number of carbonyl (C=O) groups excluding carboxylic acids is 1. The second kappa shape index (κ2) is 9.50. The van der Waals surface area contributed by atoms with Gasteiger partial charge in [-0.2, -0.15) is 11.0 Å². The predicted molar refractivity (Wildman–Crippen MR) is 139 cm³/mol. The maximum Gasteiger partial charge on any atom is 0.358 e. The van der Waals surface area contributed by atoms with Gasteiger partial charge >= 0.3 is 5.97 Å². The lowest BCUT2D eigenvalue weighted by atomic mass is 9.86. The van der Waals surface area contributed by atoms with Gasteiger partial charge in [0.15, 0.2) is 0 Å². The lowest BCUT2D eigenvalue weighted by Gasteiger charge is -2.25. The number of fused-ring (bicyclic) bond motifs is 1. The average molecular weight is 482 g/mol. The summed E-state index contributed by atoms with van der Waals surface area (Å²) in [5.74, 6) is 4.49. The van der Waals surface area contributed by atoms with Crippen LogP contribution in [0, 0.1) is 5.41 Å². The van der Waals surface area contributed by atoms with Gasteiger partial charge in [0, 0.05) is 37.8 Å². The average Bonchev–Trinajstić information content (AvgIpc) is 3.63. The van der Waals surface area contributed by atoms with Crippen LogP contribution in [0.25, 0.3) is 16.6 Å². The van der Waals surface area contributed by atoms with E-state index in [1.165, 1.54) is 43.6 Å². The van der Waals surface area contributed by atoms with Crippen LogP contribution in [0.3, 0.4) is 0 Å². The Kier molecular flexibility index (Phi) is 6.05. The summed E-state index contributed by atoms with van der Waals surface area (Å²) >= 11 is 0.